The van der Waals surface area contributed by atoms with Crippen molar-refractivity contribution in [3.8, 4) is 0 Å². The third-order valence-electron chi connectivity index (χ3n) is 2.22. The first-order chi connectivity index (χ1) is 8.58. The van der Waals surface area contributed by atoms with Gasteiger partial charge in [-0.1, -0.05) is 23.7 Å². The van der Waals surface area contributed by atoms with Gasteiger partial charge in [-0.05, 0) is 34.1 Å². The molecule has 2 aromatic rings. The second kappa shape index (κ2) is 5.37. The molecule has 0 unspecified atom stereocenters. The first-order valence-electron chi connectivity index (χ1n) is 4.98. The SMILES string of the molecule is O=C(O)c1cnc(Nc2ccccc2Cl)c(Br)c1. The molecule has 0 aliphatic carbocycles. The van der Waals surface area contributed by atoms with Crippen LogP contribution < -0.4 is 5.32 Å². The molecule has 92 valence electrons. The highest BCUT2D eigenvalue weighted by Gasteiger charge is 2.09. The van der Waals surface area contributed by atoms with Crippen LogP contribution in [0.2, 0.25) is 5.02 Å². The van der Waals surface area contributed by atoms with Gasteiger partial charge in [-0.3, -0.25) is 0 Å². The maximum absolute atomic E-state index is 10.8. The summed E-state index contributed by atoms with van der Waals surface area (Å²) in [6.45, 7) is 0. The van der Waals surface area contributed by atoms with Crippen LogP contribution in [0.4, 0.5) is 11.5 Å². The summed E-state index contributed by atoms with van der Waals surface area (Å²) >= 11 is 9.27. The van der Waals surface area contributed by atoms with Crippen LogP contribution in [0.25, 0.3) is 0 Å². The maximum Gasteiger partial charge on any atom is 0.337 e. The van der Waals surface area contributed by atoms with Gasteiger partial charge in [-0.25, -0.2) is 9.78 Å². The number of nitrogens with zero attached hydrogens (tertiary/aromatic N) is 1. The lowest BCUT2D eigenvalue weighted by atomic mass is 10.3. The van der Waals surface area contributed by atoms with Gasteiger partial charge < -0.3 is 10.4 Å². The number of aromatic nitrogens is 1. The Bertz CT molecular complexity index is 604. The Hall–Kier alpha value is -1.59. The summed E-state index contributed by atoms with van der Waals surface area (Å²) in [6, 6.07) is 8.71. The van der Waals surface area contributed by atoms with Crippen LogP contribution in [0.5, 0.6) is 0 Å². The van der Waals surface area contributed by atoms with Crippen LogP contribution in [0, 0.1) is 0 Å². The summed E-state index contributed by atoms with van der Waals surface area (Å²) < 4.78 is 0.558. The summed E-state index contributed by atoms with van der Waals surface area (Å²) in [5.41, 5.74) is 0.821. The zero-order chi connectivity index (χ0) is 13.1. The van der Waals surface area contributed by atoms with Gasteiger partial charge in [0, 0.05) is 6.20 Å². The fraction of sp³-hybridized carbons (Fsp3) is 0. The van der Waals surface area contributed by atoms with Crippen molar-refractivity contribution in [1.29, 1.82) is 0 Å². The van der Waals surface area contributed by atoms with E-state index in [0.717, 1.165) is 0 Å². The average Bonchev–Trinajstić information content (AvgIpc) is 2.34. The van der Waals surface area contributed by atoms with Crippen molar-refractivity contribution in [3.05, 3.63) is 51.6 Å². The summed E-state index contributed by atoms with van der Waals surface area (Å²) in [5, 5.41) is 12.4. The minimum Gasteiger partial charge on any atom is -0.478 e. The molecular formula is C12H8BrClN2O2. The largest absolute Gasteiger partial charge is 0.478 e. The lowest BCUT2D eigenvalue weighted by Gasteiger charge is -2.09. The number of rotatable bonds is 3. The summed E-state index contributed by atoms with van der Waals surface area (Å²) in [5.74, 6) is -0.513. The molecule has 0 aliphatic heterocycles. The van der Waals surface area contributed by atoms with E-state index in [9.17, 15) is 4.79 Å². The smallest absolute Gasteiger partial charge is 0.337 e. The fourth-order valence-corrected chi connectivity index (χ4v) is 1.97. The van der Waals surface area contributed by atoms with E-state index in [1.807, 2.05) is 18.2 Å². The van der Waals surface area contributed by atoms with Gasteiger partial charge in [0.25, 0.3) is 0 Å². The van der Waals surface area contributed by atoms with E-state index in [4.69, 9.17) is 16.7 Å². The number of carboxylic acids is 1. The molecular weight excluding hydrogens is 320 g/mol. The maximum atomic E-state index is 10.8. The molecule has 2 N–H and O–H groups in total. The van der Waals surface area contributed by atoms with Crippen LogP contribution in [0.1, 0.15) is 10.4 Å². The Kier molecular flexibility index (Phi) is 3.84. The van der Waals surface area contributed by atoms with Gasteiger partial charge in [0.15, 0.2) is 0 Å². The molecule has 0 amide bonds. The molecule has 0 saturated carbocycles. The molecule has 0 aliphatic rings. The number of pyridine rings is 1. The topological polar surface area (TPSA) is 62.2 Å². The molecule has 1 heterocycles. The van der Waals surface area contributed by atoms with Crippen molar-refractivity contribution < 1.29 is 9.90 Å². The first kappa shape index (κ1) is 12.9. The second-order valence-corrected chi connectivity index (χ2v) is 4.73. The summed E-state index contributed by atoms with van der Waals surface area (Å²) in [4.78, 5) is 14.8. The summed E-state index contributed by atoms with van der Waals surface area (Å²) in [6.07, 6.45) is 1.28. The lowest BCUT2D eigenvalue weighted by molar-refractivity contribution is 0.0696. The van der Waals surface area contributed by atoms with Gasteiger partial charge in [0.05, 0.1) is 20.7 Å². The standard InChI is InChI=1S/C12H8BrClN2O2/c13-8-5-7(12(17)18)6-15-11(8)16-10-4-2-1-3-9(10)14/h1-6H,(H,15,16)(H,17,18). The normalized spacial score (nSPS) is 10.1. The number of para-hydroxylation sites is 1. The third-order valence-corrected chi connectivity index (χ3v) is 3.15. The average molecular weight is 328 g/mol. The lowest BCUT2D eigenvalue weighted by Crippen LogP contribution is -2.00. The first-order valence-corrected chi connectivity index (χ1v) is 6.15. The third kappa shape index (κ3) is 2.80. The number of carbonyl (C=O) groups is 1. The Balaban J connectivity index is 2.30. The number of aromatic carboxylic acids is 1. The van der Waals surface area contributed by atoms with Crippen molar-refractivity contribution in [2.24, 2.45) is 0 Å². The number of halogens is 2. The highest BCUT2D eigenvalue weighted by molar-refractivity contribution is 9.10. The molecule has 0 atom stereocenters. The predicted molar refractivity (Wildman–Crippen MR) is 73.6 cm³/mol. The van der Waals surface area contributed by atoms with Crippen molar-refractivity contribution in [3.63, 3.8) is 0 Å². The van der Waals surface area contributed by atoms with E-state index < -0.39 is 5.97 Å². The zero-order valence-electron chi connectivity index (χ0n) is 9.02. The number of benzene rings is 1. The molecule has 0 bridgehead atoms. The quantitative estimate of drug-likeness (QED) is 0.896. The Morgan fingerprint density at radius 3 is 2.72 bits per heavy atom. The monoisotopic (exact) mass is 326 g/mol. The number of nitrogens with one attached hydrogen (secondary N) is 1. The molecule has 0 spiro atoms. The van der Waals surface area contributed by atoms with Crippen molar-refractivity contribution in [2.75, 3.05) is 5.32 Å². The molecule has 2 rings (SSSR count). The molecule has 0 saturated heterocycles. The molecule has 4 nitrogen and oxygen atoms in total. The number of anilines is 2. The minimum absolute atomic E-state index is 0.117. The molecule has 1 aromatic heterocycles. The van der Waals surface area contributed by atoms with E-state index in [1.165, 1.54) is 12.3 Å². The number of hydrogen-bond acceptors (Lipinski definition) is 3. The highest BCUT2D eigenvalue weighted by atomic mass is 79.9. The molecule has 0 fully saturated rings. The van der Waals surface area contributed by atoms with E-state index in [-0.39, 0.29) is 5.56 Å². The second-order valence-electron chi connectivity index (χ2n) is 3.46. The zero-order valence-corrected chi connectivity index (χ0v) is 11.4. The fourth-order valence-electron chi connectivity index (χ4n) is 1.34. The van der Waals surface area contributed by atoms with Crippen molar-refractivity contribution in [2.45, 2.75) is 0 Å². The molecule has 1 aromatic carbocycles. The molecule has 18 heavy (non-hydrogen) atoms. The van der Waals surface area contributed by atoms with Crippen LogP contribution in [0.3, 0.4) is 0 Å². The van der Waals surface area contributed by atoms with Crippen molar-refractivity contribution >= 4 is 45.0 Å². The van der Waals surface area contributed by atoms with Gasteiger partial charge in [-0.2, -0.15) is 0 Å². The minimum atomic E-state index is -1.02. The Morgan fingerprint density at radius 1 is 1.39 bits per heavy atom. The van der Waals surface area contributed by atoms with Crippen molar-refractivity contribution in [1.82, 2.24) is 4.98 Å². The van der Waals surface area contributed by atoms with E-state index >= 15 is 0 Å². The van der Waals surface area contributed by atoms with Crippen LogP contribution in [-0.2, 0) is 0 Å². The van der Waals surface area contributed by atoms with Gasteiger partial charge in [0.1, 0.15) is 5.82 Å². The van der Waals surface area contributed by atoms with Crippen LogP contribution in [-0.4, -0.2) is 16.1 Å². The molecule has 0 radical (unpaired) electrons. The highest BCUT2D eigenvalue weighted by Crippen LogP contribution is 2.28. The van der Waals surface area contributed by atoms with Gasteiger partial charge in [-0.15, -0.1) is 0 Å². The molecule has 6 heteroatoms. The van der Waals surface area contributed by atoms with Gasteiger partial charge >= 0.3 is 5.97 Å². The van der Waals surface area contributed by atoms with Gasteiger partial charge in [0.2, 0.25) is 0 Å². The number of hydrogen-bond donors (Lipinski definition) is 2. The van der Waals surface area contributed by atoms with Crippen LogP contribution >= 0.6 is 27.5 Å². The van der Waals surface area contributed by atoms with Crippen LogP contribution in [0.15, 0.2) is 41.0 Å². The Labute approximate surface area is 117 Å². The Morgan fingerprint density at radius 2 is 2.11 bits per heavy atom. The van der Waals surface area contributed by atoms with E-state index in [0.29, 0.717) is 21.0 Å². The predicted octanol–water partition coefficient (Wildman–Crippen LogP) is 3.94. The summed E-state index contributed by atoms with van der Waals surface area (Å²) in [7, 11) is 0. The number of carboxylic acid groups (broad SMARTS) is 1. The van der Waals surface area contributed by atoms with E-state index in [2.05, 4.69) is 26.2 Å². The van der Waals surface area contributed by atoms with E-state index in [1.54, 1.807) is 6.07 Å².